The van der Waals surface area contributed by atoms with Gasteiger partial charge in [-0.3, -0.25) is 10.1 Å². The first kappa shape index (κ1) is 16.6. The SMILES string of the molecule is C=CCN(CCN=[N+]=[N-])S(=O)(=O)c1ccc([N+](=O)[O-])cc1. The summed E-state index contributed by atoms with van der Waals surface area (Å²) in [6, 6.07) is 4.56. The van der Waals surface area contributed by atoms with Crippen molar-refractivity contribution in [2.75, 3.05) is 19.6 Å². The molecule has 0 aromatic heterocycles. The second kappa shape index (κ2) is 7.39. The van der Waals surface area contributed by atoms with E-state index in [4.69, 9.17) is 5.53 Å². The van der Waals surface area contributed by atoms with Crippen LogP contribution in [0.5, 0.6) is 0 Å². The van der Waals surface area contributed by atoms with Gasteiger partial charge in [0.25, 0.3) is 5.69 Å². The first-order valence-electron chi connectivity index (χ1n) is 5.80. The predicted octanol–water partition coefficient (Wildman–Crippen LogP) is 2.08. The Labute approximate surface area is 121 Å². The van der Waals surface area contributed by atoms with Gasteiger partial charge in [-0.2, -0.15) is 4.31 Å². The molecule has 0 saturated carbocycles. The molecule has 1 aromatic rings. The number of benzene rings is 1. The van der Waals surface area contributed by atoms with Crippen LogP contribution >= 0.6 is 0 Å². The van der Waals surface area contributed by atoms with E-state index in [9.17, 15) is 18.5 Å². The van der Waals surface area contributed by atoms with E-state index in [1.807, 2.05) is 0 Å². The van der Waals surface area contributed by atoms with Crippen LogP contribution in [0.1, 0.15) is 0 Å². The van der Waals surface area contributed by atoms with Gasteiger partial charge >= 0.3 is 0 Å². The largest absolute Gasteiger partial charge is 0.269 e. The lowest BCUT2D eigenvalue weighted by atomic mass is 10.3. The van der Waals surface area contributed by atoms with Crippen molar-refractivity contribution in [1.82, 2.24) is 4.31 Å². The molecule has 1 rings (SSSR count). The Hall–Kier alpha value is -2.42. The molecule has 0 aliphatic rings. The number of non-ortho nitro benzene ring substituents is 1. The zero-order valence-electron chi connectivity index (χ0n) is 11.0. The molecular formula is C11H13N5O4S. The van der Waals surface area contributed by atoms with Gasteiger partial charge in [-0.05, 0) is 17.7 Å². The highest BCUT2D eigenvalue weighted by Gasteiger charge is 2.23. The number of hydrogen-bond donors (Lipinski definition) is 0. The maximum absolute atomic E-state index is 12.4. The highest BCUT2D eigenvalue weighted by Crippen LogP contribution is 2.19. The van der Waals surface area contributed by atoms with Crippen LogP contribution in [-0.4, -0.2) is 37.3 Å². The lowest BCUT2D eigenvalue weighted by Crippen LogP contribution is -2.33. The van der Waals surface area contributed by atoms with Gasteiger partial charge in [0.05, 0.1) is 9.82 Å². The van der Waals surface area contributed by atoms with Crippen LogP contribution < -0.4 is 0 Å². The lowest BCUT2D eigenvalue weighted by molar-refractivity contribution is -0.384. The van der Waals surface area contributed by atoms with Crippen LogP contribution in [0.4, 0.5) is 5.69 Å². The summed E-state index contributed by atoms with van der Waals surface area (Å²) in [6.07, 6.45) is 1.40. The van der Waals surface area contributed by atoms with Crippen LogP contribution in [-0.2, 0) is 10.0 Å². The van der Waals surface area contributed by atoms with E-state index in [-0.39, 0.29) is 30.2 Å². The minimum absolute atomic E-state index is 0.00456. The van der Waals surface area contributed by atoms with E-state index in [1.54, 1.807) is 0 Å². The summed E-state index contributed by atoms with van der Waals surface area (Å²) in [5.41, 5.74) is 8.02. The monoisotopic (exact) mass is 311 g/mol. The Morgan fingerprint density at radius 3 is 2.52 bits per heavy atom. The molecule has 10 heteroatoms. The quantitative estimate of drug-likeness (QED) is 0.182. The fourth-order valence-corrected chi connectivity index (χ4v) is 2.95. The molecule has 0 spiro atoms. The molecule has 0 aliphatic heterocycles. The van der Waals surface area contributed by atoms with E-state index in [2.05, 4.69) is 16.6 Å². The third kappa shape index (κ3) is 4.28. The summed E-state index contributed by atoms with van der Waals surface area (Å²) < 4.78 is 25.8. The number of nitro groups is 1. The highest BCUT2D eigenvalue weighted by molar-refractivity contribution is 7.89. The van der Waals surface area contributed by atoms with Gasteiger partial charge in [0.2, 0.25) is 10.0 Å². The molecule has 0 radical (unpaired) electrons. The van der Waals surface area contributed by atoms with Gasteiger partial charge in [0, 0.05) is 36.7 Å². The van der Waals surface area contributed by atoms with E-state index in [0.717, 1.165) is 28.6 Å². The van der Waals surface area contributed by atoms with Crippen molar-refractivity contribution in [1.29, 1.82) is 0 Å². The third-order valence-electron chi connectivity index (χ3n) is 2.53. The summed E-state index contributed by atoms with van der Waals surface area (Å²) in [4.78, 5) is 12.4. The number of nitrogens with zero attached hydrogens (tertiary/aromatic N) is 5. The summed E-state index contributed by atoms with van der Waals surface area (Å²) in [6.45, 7) is 3.49. The van der Waals surface area contributed by atoms with Crippen molar-refractivity contribution in [2.45, 2.75) is 4.90 Å². The Balaban J connectivity index is 3.06. The zero-order valence-corrected chi connectivity index (χ0v) is 11.8. The lowest BCUT2D eigenvalue weighted by Gasteiger charge is -2.19. The van der Waals surface area contributed by atoms with Gasteiger partial charge in [-0.1, -0.05) is 11.2 Å². The van der Waals surface area contributed by atoms with Crippen molar-refractivity contribution in [2.24, 2.45) is 5.11 Å². The molecule has 0 unspecified atom stereocenters. The van der Waals surface area contributed by atoms with Gasteiger partial charge in [0.15, 0.2) is 0 Å². The molecule has 0 aliphatic carbocycles. The zero-order chi connectivity index (χ0) is 15.9. The van der Waals surface area contributed by atoms with E-state index >= 15 is 0 Å². The molecular weight excluding hydrogens is 298 g/mol. The number of nitro benzene ring substituents is 1. The molecule has 1 aromatic carbocycles. The molecule has 0 heterocycles. The van der Waals surface area contributed by atoms with E-state index in [0.29, 0.717) is 0 Å². The maximum Gasteiger partial charge on any atom is 0.269 e. The van der Waals surface area contributed by atoms with E-state index < -0.39 is 14.9 Å². The first-order valence-corrected chi connectivity index (χ1v) is 7.24. The minimum Gasteiger partial charge on any atom is -0.258 e. The Morgan fingerprint density at radius 1 is 1.43 bits per heavy atom. The summed E-state index contributed by atoms with van der Waals surface area (Å²) in [5.74, 6) is 0. The second-order valence-electron chi connectivity index (χ2n) is 3.86. The molecule has 0 N–H and O–H groups in total. The summed E-state index contributed by atoms with van der Waals surface area (Å²) >= 11 is 0. The van der Waals surface area contributed by atoms with Gasteiger partial charge in [-0.25, -0.2) is 8.42 Å². The minimum atomic E-state index is -3.83. The first-order chi connectivity index (χ1) is 9.93. The predicted molar refractivity (Wildman–Crippen MR) is 76.1 cm³/mol. The van der Waals surface area contributed by atoms with Crippen molar-refractivity contribution in [3.63, 3.8) is 0 Å². The summed E-state index contributed by atoms with van der Waals surface area (Å²) in [5, 5.41) is 13.8. The van der Waals surface area contributed by atoms with Crippen molar-refractivity contribution in [3.8, 4) is 0 Å². The third-order valence-corrected chi connectivity index (χ3v) is 4.41. The van der Waals surface area contributed by atoms with Gasteiger partial charge in [0.1, 0.15) is 0 Å². The molecule has 0 fully saturated rings. The average Bonchev–Trinajstić information content (AvgIpc) is 2.46. The van der Waals surface area contributed by atoms with E-state index in [1.165, 1.54) is 6.08 Å². The number of azide groups is 1. The molecule has 0 bridgehead atoms. The molecule has 0 amide bonds. The van der Waals surface area contributed by atoms with Crippen molar-refractivity contribution >= 4 is 15.7 Å². The van der Waals surface area contributed by atoms with Crippen LogP contribution in [0.3, 0.4) is 0 Å². The average molecular weight is 311 g/mol. The fourth-order valence-electron chi connectivity index (χ4n) is 1.54. The number of sulfonamides is 1. The molecule has 0 atom stereocenters. The standard InChI is InChI=1S/C11H13N5O4S/c1-2-8-15(9-7-13-14-12)21(19,20)11-5-3-10(4-6-11)16(17)18/h2-6H,1,7-9H2. The normalized spacial score (nSPS) is 10.9. The molecule has 112 valence electrons. The number of hydrogen-bond acceptors (Lipinski definition) is 5. The Bertz CT molecular complexity index is 664. The second-order valence-corrected chi connectivity index (χ2v) is 5.80. The van der Waals surface area contributed by atoms with Gasteiger partial charge in [-0.15, -0.1) is 6.58 Å². The smallest absolute Gasteiger partial charge is 0.258 e. The number of rotatable bonds is 8. The summed E-state index contributed by atoms with van der Waals surface area (Å²) in [7, 11) is -3.83. The molecule has 9 nitrogen and oxygen atoms in total. The van der Waals surface area contributed by atoms with Crippen LogP contribution in [0.15, 0.2) is 46.9 Å². The van der Waals surface area contributed by atoms with Crippen LogP contribution in [0.2, 0.25) is 0 Å². The Kier molecular flexibility index (Phi) is 5.85. The maximum atomic E-state index is 12.4. The Morgan fingerprint density at radius 2 is 2.05 bits per heavy atom. The molecule has 0 saturated heterocycles. The van der Waals surface area contributed by atoms with Crippen molar-refractivity contribution < 1.29 is 13.3 Å². The molecule has 21 heavy (non-hydrogen) atoms. The highest BCUT2D eigenvalue weighted by atomic mass is 32.2. The van der Waals surface area contributed by atoms with Crippen LogP contribution in [0, 0.1) is 10.1 Å². The fraction of sp³-hybridized carbons (Fsp3) is 0.273. The van der Waals surface area contributed by atoms with Crippen LogP contribution in [0.25, 0.3) is 10.4 Å². The topological polar surface area (TPSA) is 129 Å². The van der Waals surface area contributed by atoms with Crippen molar-refractivity contribution in [3.05, 3.63) is 57.5 Å². The van der Waals surface area contributed by atoms with Gasteiger partial charge < -0.3 is 0 Å².